The van der Waals surface area contributed by atoms with Crippen LogP contribution in [0.25, 0.3) is 17.0 Å². The molecule has 3 aromatic rings. The normalized spacial score (nSPS) is 16.3. The molecule has 0 bridgehead atoms. The number of benzene rings is 2. The molecule has 2 heterocycles. The van der Waals surface area contributed by atoms with E-state index in [1.807, 2.05) is 0 Å². The maximum atomic E-state index is 13.5. The molecule has 212 valence electrons. The number of thioether (sulfide) groups is 1. The van der Waals surface area contributed by atoms with E-state index in [4.69, 9.17) is 21.1 Å². The first-order valence-electron chi connectivity index (χ1n) is 12.0. The van der Waals surface area contributed by atoms with Gasteiger partial charge in [0.2, 0.25) is 0 Å². The summed E-state index contributed by atoms with van der Waals surface area (Å²) in [5.74, 6) is -1.45. The second-order valence-corrected chi connectivity index (χ2v) is 11.4. The van der Waals surface area contributed by atoms with Crippen LogP contribution in [0.5, 0.6) is 0 Å². The van der Waals surface area contributed by atoms with Crippen molar-refractivity contribution < 1.29 is 37.0 Å². The summed E-state index contributed by atoms with van der Waals surface area (Å²) < 4.78 is 52.5. The summed E-state index contributed by atoms with van der Waals surface area (Å²) in [4.78, 5) is 39.2. The number of rotatable bonds is 7. The fraction of sp³-hybridized carbons (Fsp3) is 0.333. The summed E-state index contributed by atoms with van der Waals surface area (Å²) in [5, 5.41) is 4.19. The molecule has 8 nitrogen and oxygen atoms in total. The molecular weight excluding hydrogens is 571 g/mol. The monoisotopic (exact) mass is 595 g/mol. The van der Waals surface area contributed by atoms with Crippen LogP contribution < -0.4 is 0 Å². The van der Waals surface area contributed by atoms with Gasteiger partial charge in [-0.3, -0.25) is 19.2 Å². The van der Waals surface area contributed by atoms with E-state index in [0.717, 1.165) is 18.1 Å². The number of ether oxygens (including phenoxy) is 2. The van der Waals surface area contributed by atoms with Crippen LogP contribution >= 0.6 is 23.4 Å². The first kappa shape index (κ1) is 29.6. The summed E-state index contributed by atoms with van der Waals surface area (Å²) in [6.07, 6.45) is -1.58. The van der Waals surface area contributed by atoms with Gasteiger partial charge in [-0.1, -0.05) is 23.7 Å². The average Bonchev–Trinajstić information content (AvgIpc) is 3.38. The van der Waals surface area contributed by atoms with E-state index in [1.54, 1.807) is 39.0 Å². The lowest BCUT2D eigenvalue weighted by atomic mass is 10.1. The summed E-state index contributed by atoms with van der Waals surface area (Å²) in [6, 6.07) is 7.35. The highest BCUT2D eigenvalue weighted by Gasteiger charge is 2.44. The molecule has 4 rings (SSSR count). The number of halogens is 4. The molecule has 0 unspecified atom stereocenters. The van der Waals surface area contributed by atoms with Crippen molar-refractivity contribution in [1.82, 2.24) is 14.7 Å². The minimum absolute atomic E-state index is 0.00949. The van der Waals surface area contributed by atoms with Crippen molar-refractivity contribution in [3.8, 4) is 0 Å². The van der Waals surface area contributed by atoms with Crippen LogP contribution in [0.15, 0.2) is 47.5 Å². The molecule has 0 aliphatic carbocycles. The van der Waals surface area contributed by atoms with E-state index in [0.29, 0.717) is 28.2 Å². The Balaban J connectivity index is 1.59. The van der Waals surface area contributed by atoms with Gasteiger partial charge in [0.25, 0.3) is 11.1 Å². The number of nitrogens with zero attached hydrogens (tertiary/aromatic N) is 3. The summed E-state index contributed by atoms with van der Waals surface area (Å²) in [6.45, 7) is 4.96. The minimum Gasteiger partial charge on any atom is -0.467 e. The highest BCUT2D eigenvalue weighted by atomic mass is 35.5. The van der Waals surface area contributed by atoms with Crippen LogP contribution in [-0.4, -0.2) is 57.2 Å². The highest BCUT2D eigenvalue weighted by Crippen LogP contribution is 2.36. The topological polar surface area (TPSA) is 90.7 Å². The van der Waals surface area contributed by atoms with E-state index < -0.39 is 40.5 Å². The largest absolute Gasteiger partial charge is 0.467 e. The number of carbonyl (C=O) groups is 3. The van der Waals surface area contributed by atoms with E-state index in [1.165, 1.54) is 29.1 Å². The first-order chi connectivity index (χ1) is 18.7. The zero-order chi connectivity index (χ0) is 29.4. The van der Waals surface area contributed by atoms with Crippen molar-refractivity contribution in [2.75, 3.05) is 13.7 Å². The van der Waals surface area contributed by atoms with E-state index in [-0.39, 0.29) is 28.6 Å². The molecular formula is C27H25ClF3N3O5S. The number of aromatic nitrogens is 2. The Bertz CT molecular complexity index is 1510. The number of imide groups is 1. The molecule has 1 aliphatic rings. The number of amides is 2. The Morgan fingerprint density at radius 2 is 1.88 bits per heavy atom. The lowest BCUT2D eigenvalue weighted by molar-refractivity contribution is -0.153. The molecule has 1 aromatic heterocycles. The standard InChI is InChI=1S/C27H25ClF3N3O5S/c1-26(2,3)39-14-21(24(36)38-4)34-23(35)22(40-25(34)37)10-15-5-8-20-17(9-15)12-32-33(20)13-16-6-7-18(28)11-19(16)27(29,30)31/h5-12,21H,13-14H2,1-4H3/b22-10-/t21-/m0/s1. The van der Waals surface area contributed by atoms with Crippen LogP contribution in [0.2, 0.25) is 5.02 Å². The predicted octanol–water partition coefficient (Wildman–Crippen LogP) is 6.15. The van der Waals surface area contributed by atoms with E-state index >= 15 is 0 Å². The number of carbonyl (C=O) groups excluding carboxylic acids is 3. The molecule has 1 saturated heterocycles. The van der Waals surface area contributed by atoms with Crippen LogP contribution in [0.3, 0.4) is 0 Å². The second-order valence-electron chi connectivity index (χ2n) is 9.93. The van der Waals surface area contributed by atoms with Crippen LogP contribution in [0.1, 0.15) is 37.5 Å². The predicted molar refractivity (Wildman–Crippen MR) is 145 cm³/mol. The minimum atomic E-state index is -4.58. The molecule has 2 aromatic carbocycles. The lowest BCUT2D eigenvalue weighted by Gasteiger charge is -2.27. The Morgan fingerprint density at radius 1 is 1.15 bits per heavy atom. The van der Waals surface area contributed by atoms with Crippen molar-refractivity contribution in [2.24, 2.45) is 0 Å². The lowest BCUT2D eigenvalue weighted by Crippen LogP contribution is -2.48. The van der Waals surface area contributed by atoms with Gasteiger partial charge in [-0.05, 0) is 74.0 Å². The Kier molecular flexibility index (Phi) is 8.34. The number of esters is 1. The number of hydrogen-bond donors (Lipinski definition) is 0. The fourth-order valence-electron chi connectivity index (χ4n) is 4.05. The maximum Gasteiger partial charge on any atom is 0.416 e. The van der Waals surface area contributed by atoms with Gasteiger partial charge in [0.05, 0.1) is 48.0 Å². The molecule has 40 heavy (non-hydrogen) atoms. The third kappa shape index (κ3) is 6.51. The molecule has 2 amide bonds. The van der Waals surface area contributed by atoms with Crippen molar-refractivity contribution in [1.29, 1.82) is 0 Å². The Labute approximate surface area is 237 Å². The van der Waals surface area contributed by atoms with Gasteiger partial charge < -0.3 is 9.47 Å². The van der Waals surface area contributed by atoms with Gasteiger partial charge in [0, 0.05) is 10.4 Å². The van der Waals surface area contributed by atoms with Crippen LogP contribution in [-0.2, 0) is 31.8 Å². The van der Waals surface area contributed by atoms with Gasteiger partial charge in [-0.2, -0.15) is 18.3 Å². The zero-order valence-corrected chi connectivity index (χ0v) is 23.5. The second kappa shape index (κ2) is 11.3. The van der Waals surface area contributed by atoms with Gasteiger partial charge in [0.15, 0.2) is 6.04 Å². The number of hydrogen-bond acceptors (Lipinski definition) is 7. The molecule has 0 saturated carbocycles. The van der Waals surface area contributed by atoms with Crippen molar-refractivity contribution in [3.05, 3.63) is 69.2 Å². The molecule has 13 heteroatoms. The quantitative estimate of drug-likeness (QED) is 0.239. The Hall–Kier alpha value is -3.35. The van der Waals surface area contributed by atoms with Crippen LogP contribution in [0.4, 0.5) is 18.0 Å². The van der Waals surface area contributed by atoms with Crippen molar-refractivity contribution in [3.63, 3.8) is 0 Å². The number of fused-ring (bicyclic) bond motifs is 1. The number of alkyl halides is 3. The third-order valence-electron chi connectivity index (χ3n) is 5.94. The molecule has 0 spiro atoms. The van der Waals surface area contributed by atoms with E-state index in [9.17, 15) is 27.6 Å². The van der Waals surface area contributed by atoms with Gasteiger partial charge >= 0.3 is 12.1 Å². The first-order valence-corrected chi connectivity index (χ1v) is 13.2. The smallest absolute Gasteiger partial charge is 0.416 e. The van der Waals surface area contributed by atoms with Gasteiger partial charge in [-0.25, -0.2) is 4.79 Å². The maximum absolute atomic E-state index is 13.5. The van der Waals surface area contributed by atoms with Crippen molar-refractivity contribution in [2.45, 2.75) is 45.1 Å². The molecule has 0 radical (unpaired) electrons. The van der Waals surface area contributed by atoms with Crippen LogP contribution in [0, 0.1) is 0 Å². The number of methoxy groups -OCH3 is 1. The third-order valence-corrected chi connectivity index (χ3v) is 7.06. The molecule has 1 atom stereocenters. The summed E-state index contributed by atoms with van der Waals surface area (Å²) in [7, 11) is 1.16. The molecule has 0 N–H and O–H groups in total. The van der Waals surface area contributed by atoms with Crippen molar-refractivity contribution >= 4 is 57.5 Å². The molecule has 1 fully saturated rings. The SMILES string of the molecule is COC(=O)[C@H](COC(C)(C)C)N1C(=O)S/C(=C\c2ccc3c(cnn3Cc3ccc(Cl)cc3C(F)(F)F)c2)C1=O. The summed E-state index contributed by atoms with van der Waals surface area (Å²) >= 11 is 6.46. The zero-order valence-electron chi connectivity index (χ0n) is 21.9. The van der Waals surface area contributed by atoms with E-state index in [2.05, 4.69) is 5.10 Å². The highest BCUT2D eigenvalue weighted by molar-refractivity contribution is 8.18. The van der Waals surface area contributed by atoms with Gasteiger partial charge in [-0.15, -0.1) is 0 Å². The van der Waals surface area contributed by atoms with Gasteiger partial charge in [0.1, 0.15) is 0 Å². The fourth-order valence-corrected chi connectivity index (χ4v) is 5.10. The summed E-state index contributed by atoms with van der Waals surface area (Å²) in [5.41, 5.74) is -0.325. The average molecular weight is 596 g/mol. The Morgan fingerprint density at radius 3 is 2.52 bits per heavy atom. The molecule has 1 aliphatic heterocycles.